The molecule has 2 aliphatic rings. The van der Waals surface area contributed by atoms with E-state index in [1.54, 1.807) is 7.11 Å². The molecule has 1 aliphatic heterocycles. The monoisotopic (exact) mass is 551 g/mol. The first-order chi connectivity index (χ1) is 19.8. The van der Waals surface area contributed by atoms with Gasteiger partial charge in [-0.15, -0.1) is 0 Å². The Balaban J connectivity index is 1.46. The topological polar surface area (TPSA) is 74.2 Å². The second-order valence-electron chi connectivity index (χ2n) is 11.6. The summed E-state index contributed by atoms with van der Waals surface area (Å²) in [6, 6.07) is 25.5. The van der Waals surface area contributed by atoms with E-state index in [0.29, 0.717) is 48.7 Å². The zero-order chi connectivity index (χ0) is 29.0. The number of aliphatic imine (C=N–C) groups is 1. The van der Waals surface area contributed by atoms with Crippen molar-refractivity contribution in [3.05, 3.63) is 107 Å². The number of allylic oxidation sites excluding steroid dienone is 2. The maximum atomic E-state index is 13.7. The zero-order valence-corrected chi connectivity index (χ0v) is 24.2. The summed E-state index contributed by atoms with van der Waals surface area (Å²) in [5.74, 6) is -0.445. The van der Waals surface area contributed by atoms with Gasteiger partial charge in [-0.05, 0) is 47.6 Å². The maximum absolute atomic E-state index is 13.7. The molecule has 0 spiro atoms. The van der Waals surface area contributed by atoms with E-state index in [9.17, 15) is 9.59 Å². The molecule has 5 rings (SSSR count). The van der Waals surface area contributed by atoms with Crippen LogP contribution in [0.5, 0.6) is 11.5 Å². The van der Waals surface area contributed by atoms with Crippen molar-refractivity contribution in [3.63, 3.8) is 0 Å². The minimum atomic E-state index is -0.713. The van der Waals surface area contributed by atoms with Gasteiger partial charge in [-0.25, -0.2) is 0 Å². The van der Waals surface area contributed by atoms with Crippen LogP contribution in [0.3, 0.4) is 0 Å². The number of hydrogen-bond donors (Lipinski definition) is 0. The zero-order valence-electron chi connectivity index (χ0n) is 24.2. The van der Waals surface area contributed by atoms with Crippen molar-refractivity contribution >= 4 is 17.5 Å². The van der Waals surface area contributed by atoms with Gasteiger partial charge in [0, 0.05) is 35.7 Å². The molecule has 0 saturated heterocycles. The lowest BCUT2D eigenvalue weighted by Crippen LogP contribution is -2.39. The van der Waals surface area contributed by atoms with Crippen LogP contribution in [0.2, 0.25) is 0 Å². The lowest BCUT2D eigenvalue weighted by molar-refractivity contribution is -0.146. The highest BCUT2D eigenvalue weighted by molar-refractivity contribution is 6.09. The van der Waals surface area contributed by atoms with Gasteiger partial charge in [0.25, 0.3) is 0 Å². The maximum Gasteiger partial charge on any atom is 0.315 e. The smallest absolute Gasteiger partial charge is 0.315 e. The molecule has 1 unspecified atom stereocenters. The molecule has 41 heavy (non-hydrogen) atoms. The summed E-state index contributed by atoms with van der Waals surface area (Å²) < 4.78 is 17.6. The Labute approximate surface area is 242 Å². The molecule has 0 radical (unpaired) electrons. The van der Waals surface area contributed by atoms with Gasteiger partial charge in [-0.3, -0.25) is 14.6 Å². The normalized spacial score (nSPS) is 19.7. The van der Waals surface area contributed by atoms with Gasteiger partial charge in [0.1, 0.15) is 12.5 Å². The molecular weight excluding hydrogens is 514 g/mol. The van der Waals surface area contributed by atoms with E-state index in [0.717, 1.165) is 22.4 Å². The highest BCUT2D eigenvalue weighted by Gasteiger charge is 2.46. The van der Waals surface area contributed by atoms with E-state index in [-0.39, 0.29) is 23.8 Å². The van der Waals surface area contributed by atoms with Crippen LogP contribution in [0.4, 0.5) is 0 Å². The second kappa shape index (κ2) is 12.1. The van der Waals surface area contributed by atoms with Crippen molar-refractivity contribution in [2.24, 2.45) is 16.3 Å². The average Bonchev–Trinajstić information content (AvgIpc) is 2.95. The molecule has 3 aromatic carbocycles. The molecule has 6 nitrogen and oxygen atoms in total. The van der Waals surface area contributed by atoms with Crippen LogP contribution in [0, 0.1) is 11.3 Å². The first kappa shape index (κ1) is 28.3. The van der Waals surface area contributed by atoms with Crippen molar-refractivity contribution in [2.75, 3.05) is 13.7 Å². The van der Waals surface area contributed by atoms with E-state index in [4.69, 9.17) is 19.2 Å². The Hall–Kier alpha value is -4.19. The van der Waals surface area contributed by atoms with E-state index in [2.05, 4.69) is 13.8 Å². The molecule has 0 amide bonds. The summed E-state index contributed by atoms with van der Waals surface area (Å²) in [6.45, 7) is 6.67. The molecule has 6 heteroatoms. The standard InChI is InChI=1S/C35H37NO5/c1-23-31(34(38)40-18-17-24-11-7-5-8-12-24)32(33-27(36-23)20-35(2,3)21-28(33)37)26-15-16-29(30(19-26)39-4)41-22-25-13-9-6-10-14-25/h5-16,19,31-32H,17-18,20-22H2,1-4H3/t31?,32-/m0/s1. The lowest BCUT2D eigenvalue weighted by atomic mass is 9.67. The molecule has 0 bridgehead atoms. The second-order valence-corrected chi connectivity index (χ2v) is 11.6. The van der Waals surface area contributed by atoms with Gasteiger partial charge in [0.2, 0.25) is 0 Å². The van der Waals surface area contributed by atoms with E-state index in [1.165, 1.54) is 0 Å². The third kappa shape index (κ3) is 6.43. The summed E-state index contributed by atoms with van der Waals surface area (Å²) in [6.07, 6.45) is 1.69. The minimum absolute atomic E-state index is 0.0305. The fourth-order valence-corrected chi connectivity index (χ4v) is 5.85. The first-order valence-electron chi connectivity index (χ1n) is 14.1. The molecule has 212 valence electrons. The van der Waals surface area contributed by atoms with Crippen molar-refractivity contribution in [3.8, 4) is 11.5 Å². The summed E-state index contributed by atoms with van der Waals surface area (Å²) in [5, 5.41) is 0. The van der Waals surface area contributed by atoms with Crippen molar-refractivity contribution in [1.29, 1.82) is 0 Å². The number of carbonyl (C=O) groups excluding carboxylic acids is 2. The number of methoxy groups -OCH3 is 1. The van der Waals surface area contributed by atoms with Crippen molar-refractivity contribution < 1.29 is 23.8 Å². The molecular formula is C35H37NO5. The molecule has 3 aromatic rings. The number of nitrogens with zero attached hydrogens (tertiary/aromatic N) is 1. The number of carbonyl (C=O) groups is 2. The highest BCUT2D eigenvalue weighted by Crippen LogP contribution is 2.49. The summed E-state index contributed by atoms with van der Waals surface area (Å²) in [5.41, 5.74) is 4.78. The lowest BCUT2D eigenvalue weighted by Gasteiger charge is -2.39. The number of hydrogen-bond acceptors (Lipinski definition) is 6. The number of benzene rings is 3. The van der Waals surface area contributed by atoms with Gasteiger partial charge in [-0.2, -0.15) is 0 Å². The molecule has 0 N–H and O–H groups in total. The molecule has 0 saturated carbocycles. The quantitative estimate of drug-likeness (QED) is 0.271. The average molecular weight is 552 g/mol. The van der Waals surface area contributed by atoms with Gasteiger partial charge in [0.05, 0.1) is 13.7 Å². The number of ketones is 1. The van der Waals surface area contributed by atoms with Gasteiger partial charge in [-0.1, -0.05) is 80.6 Å². The Morgan fingerprint density at radius 1 is 0.927 bits per heavy atom. The molecule has 2 atom stereocenters. The summed E-state index contributed by atoms with van der Waals surface area (Å²) in [4.78, 5) is 32.2. The summed E-state index contributed by atoms with van der Waals surface area (Å²) >= 11 is 0. The molecule has 0 aromatic heterocycles. The van der Waals surface area contributed by atoms with E-state index < -0.39 is 11.8 Å². The van der Waals surface area contributed by atoms with Crippen LogP contribution in [0.25, 0.3) is 0 Å². The van der Waals surface area contributed by atoms with Crippen LogP contribution >= 0.6 is 0 Å². The SMILES string of the molecule is COc1cc([C@@H]2C3=C(CC(C)(C)CC3=O)N=C(C)C2C(=O)OCCc2ccccc2)ccc1OCc1ccccc1. The predicted molar refractivity (Wildman–Crippen MR) is 159 cm³/mol. The van der Waals surface area contributed by atoms with Crippen LogP contribution in [-0.4, -0.2) is 31.2 Å². The van der Waals surface area contributed by atoms with Gasteiger partial charge < -0.3 is 14.2 Å². The Kier molecular flexibility index (Phi) is 8.39. The Bertz CT molecular complexity index is 1470. The van der Waals surface area contributed by atoms with E-state index in [1.807, 2.05) is 85.8 Å². The molecule has 1 aliphatic carbocycles. The van der Waals surface area contributed by atoms with Crippen molar-refractivity contribution in [1.82, 2.24) is 0 Å². The van der Waals surface area contributed by atoms with Crippen LogP contribution in [0.1, 0.15) is 56.2 Å². The fraction of sp³-hybridized carbons (Fsp3) is 0.343. The minimum Gasteiger partial charge on any atom is -0.493 e. The largest absolute Gasteiger partial charge is 0.493 e. The molecule has 1 heterocycles. The van der Waals surface area contributed by atoms with Crippen LogP contribution in [0.15, 0.2) is 95.1 Å². The van der Waals surface area contributed by atoms with Crippen molar-refractivity contribution in [2.45, 2.75) is 52.6 Å². The third-order valence-corrected chi connectivity index (χ3v) is 7.82. The van der Waals surface area contributed by atoms with Gasteiger partial charge in [0.15, 0.2) is 17.3 Å². The number of Topliss-reactive ketones (excluding diaryl/α,β-unsaturated/α-hetero) is 1. The summed E-state index contributed by atoms with van der Waals surface area (Å²) in [7, 11) is 1.59. The third-order valence-electron chi connectivity index (χ3n) is 7.82. The number of esters is 1. The Morgan fingerprint density at radius 2 is 1.61 bits per heavy atom. The van der Waals surface area contributed by atoms with E-state index >= 15 is 0 Å². The van der Waals surface area contributed by atoms with Gasteiger partial charge >= 0.3 is 5.97 Å². The Morgan fingerprint density at radius 3 is 2.29 bits per heavy atom. The fourth-order valence-electron chi connectivity index (χ4n) is 5.85. The molecule has 0 fully saturated rings. The number of rotatable bonds is 9. The predicted octanol–water partition coefficient (Wildman–Crippen LogP) is 6.88. The van der Waals surface area contributed by atoms with Crippen LogP contribution in [-0.2, 0) is 27.4 Å². The first-order valence-corrected chi connectivity index (χ1v) is 14.1. The number of ether oxygens (including phenoxy) is 3. The van der Waals surface area contributed by atoms with Crippen LogP contribution < -0.4 is 9.47 Å². The highest BCUT2D eigenvalue weighted by atomic mass is 16.5.